The Balaban J connectivity index is 2.35. The predicted molar refractivity (Wildman–Crippen MR) is 61.5 cm³/mol. The molecule has 0 aliphatic rings. The molecule has 1 aromatic heterocycles. The van der Waals surface area contributed by atoms with Crippen LogP contribution in [-0.4, -0.2) is 23.3 Å². The molecule has 1 heterocycles. The number of H-pyrrole nitrogens is 1. The second-order valence-corrected chi connectivity index (χ2v) is 5.25. The summed E-state index contributed by atoms with van der Waals surface area (Å²) in [5, 5.41) is -0.367. The summed E-state index contributed by atoms with van der Waals surface area (Å²) in [7, 11) is -4.18. The molecule has 16 heavy (non-hydrogen) atoms. The van der Waals surface area contributed by atoms with E-state index in [1.54, 1.807) is 6.20 Å². The van der Waals surface area contributed by atoms with Crippen LogP contribution < -0.4 is 5.73 Å². The number of hydrogen-bond donors (Lipinski definition) is 3. The quantitative estimate of drug-likeness (QED) is 0.694. The van der Waals surface area contributed by atoms with E-state index in [1.807, 2.05) is 24.3 Å². The monoisotopic (exact) mass is 240 g/mol. The number of benzene rings is 1. The lowest BCUT2D eigenvalue weighted by molar-refractivity contribution is 0.467. The lowest BCUT2D eigenvalue weighted by Gasteiger charge is -2.06. The molecule has 0 amide bonds. The molecular formula is C10H12N2O3S. The first-order valence-corrected chi connectivity index (χ1v) is 6.25. The highest BCUT2D eigenvalue weighted by Gasteiger charge is 2.19. The summed E-state index contributed by atoms with van der Waals surface area (Å²) in [6.45, 7) is 0. The van der Waals surface area contributed by atoms with Crippen LogP contribution >= 0.6 is 0 Å². The molecule has 5 nitrogen and oxygen atoms in total. The van der Waals surface area contributed by atoms with Crippen molar-refractivity contribution in [2.24, 2.45) is 5.73 Å². The van der Waals surface area contributed by atoms with Gasteiger partial charge >= 0.3 is 0 Å². The molecule has 1 atom stereocenters. The van der Waals surface area contributed by atoms with Crippen molar-refractivity contribution in [2.45, 2.75) is 11.8 Å². The molecule has 0 fully saturated rings. The zero-order valence-electron chi connectivity index (χ0n) is 8.42. The highest BCUT2D eigenvalue weighted by molar-refractivity contribution is 7.86. The van der Waals surface area contributed by atoms with Gasteiger partial charge in [0.2, 0.25) is 0 Å². The van der Waals surface area contributed by atoms with E-state index < -0.39 is 15.5 Å². The summed E-state index contributed by atoms with van der Waals surface area (Å²) in [6, 6.07) is 7.50. The van der Waals surface area contributed by atoms with E-state index >= 15 is 0 Å². The smallest absolute Gasteiger partial charge is 0.281 e. The lowest BCUT2D eigenvalue weighted by Crippen LogP contribution is -2.32. The molecule has 4 N–H and O–H groups in total. The molecule has 0 saturated carbocycles. The van der Waals surface area contributed by atoms with Crippen molar-refractivity contribution in [2.75, 3.05) is 0 Å². The zero-order valence-corrected chi connectivity index (χ0v) is 9.24. The van der Waals surface area contributed by atoms with Gasteiger partial charge in [-0.15, -0.1) is 0 Å². The first-order valence-electron chi connectivity index (χ1n) is 4.75. The van der Waals surface area contributed by atoms with Crippen LogP contribution in [0.1, 0.15) is 5.56 Å². The molecule has 0 saturated heterocycles. The van der Waals surface area contributed by atoms with E-state index in [0.717, 1.165) is 16.5 Å². The van der Waals surface area contributed by atoms with Gasteiger partial charge in [-0.2, -0.15) is 8.42 Å². The van der Waals surface area contributed by atoms with Gasteiger partial charge in [-0.3, -0.25) is 4.55 Å². The Labute approximate surface area is 93.0 Å². The molecule has 2 rings (SSSR count). The van der Waals surface area contributed by atoms with E-state index in [9.17, 15) is 8.42 Å². The third-order valence-corrected chi connectivity index (χ3v) is 3.41. The van der Waals surface area contributed by atoms with Crippen LogP contribution in [0.3, 0.4) is 0 Å². The minimum Gasteiger partial charge on any atom is -0.361 e. The van der Waals surface area contributed by atoms with Gasteiger partial charge in [0, 0.05) is 23.5 Å². The summed E-state index contributed by atoms with van der Waals surface area (Å²) in [4.78, 5) is 3.01. The number of aromatic nitrogens is 1. The fourth-order valence-corrected chi connectivity index (χ4v) is 2.01. The van der Waals surface area contributed by atoms with E-state index in [-0.39, 0.29) is 6.42 Å². The highest BCUT2D eigenvalue weighted by Crippen LogP contribution is 2.19. The van der Waals surface area contributed by atoms with Gasteiger partial charge in [-0.1, -0.05) is 18.2 Å². The van der Waals surface area contributed by atoms with Crippen LogP contribution in [0.2, 0.25) is 0 Å². The van der Waals surface area contributed by atoms with Crippen molar-refractivity contribution in [3.63, 3.8) is 0 Å². The van der Waals surface area contributed by atoms with E-state index in [2.05, 4.69) is 4.98 Å². The Morgan fingerprint density at radius 2 is 2.06 bits per heavy atom. The number of hydrogen-bond acceptors (Lipinski definition) is 3. The fraction of sp³-hybridized carbons (Fsp3) is 0.200. The van der Waals surface area contributed by atoms with E-state index in [0.29, 0.717) is 0 Å². The fourth-order valence-electron chi connectivity index (χ4n) is 1.62. The summed E-state index contributed by atoms with van der Waals surface area (Å²) < 4.78 is 30.4. The molecule has 2 aromatic rings. The molecule has 0 spiro atoms. The maximum Gasteiger partial charge on any atom is 0.281 e. The molecule has 0 unspecified atom stereocenters. The largest absolute Gasteiger partial charge is 0.361 e. The maximum absolute atomic E-state index is 10.8. The van der Waals surface area contributed by atoms with Crippen molar-refractivity contribution in [3.05, 3.63) is 36.0 Å². The number of rotatable bonds is 3. The average molecular weight is 240 g/mol. The van der Waals surface area contributed by atoms with Crippen molar-refractivity contribution in [3.8, 4) is 0 Å². The normalized spacial score (nSPS) is 14.1. The Bertz CT molecular complexity index is 603. The molecule has 0 bridgehead atoms. The summed E-state index contributed by atoms with van der Waals surface area (Å²) in [5.74, 6) is 0. The Kier molecular flexibility index (Phi) is 2.71. The Morgan fingerprint density at radius 1 is 1.38 bits per heavy atom. The second-order valence-electron chi connectivity index (χ2n) is 3.62. The third-order valence-electron chi connectivity index (χ3n) is 2.48. The van der Waals surface area contributed by atoms with Gasteiger partial charge in [-0.25, -0.2) is 0 Å². The van der Waals surface area contributed by atoms with Crippen LogP contribution in [0.4, 0.5) is 0 Å². The van der Waals surface area contributed by atoms with Crippen LogP contribution in [-0.2, 0) is 16.5 Å². The van der Waals surface area contributed by atoms with Crippen LogP contribution in [0.15, 0.2) is 30.5 Å². The minimum absolute atomic E-state index is 0.0862. The molecule has 86 valence electrons. The Morgan fingerprint density at radius 3 is 2.75 bits per heavy atom. The van der Waals surface area contributed by atoms with Crippen LogP contribution in [0.25, 0.3) is 10.9 Å². The van der Waals surface area contributed by atoms with Crippen molar-refractivity contribution in [1.29, 1.82) is 0 Å². The first kappa shape index (κ1) is 11.1. The molecule has 0 radical (unpaired) electrons. The topological polar surface area (TPSA) is 96.2 Å². The van der Waals surface area contributed by atoms with Gasteiger partial charge in [-0.05, 0) is 11.6 Å². The number of fused-ring (bicyclic) bond motifs is 1. The van der Waals surface area contributed by atoms with Crippen LogP contribution in [0, 0.1) is 0 Å². The van der Waals surface area contributed by atoms with Gasteiger partial charge in [0.15, 0.2) is 0 Å². The summed E-state index contributed by atoms with van der Waals surface area (Å²) in [6.07, 6.45) is 1.79. The SMILES string of the molecule is N[C@@H](Cc1c[nH]c2ccccc12)S(=O)(=O)O. The standard InChI is InChI=1S/C10H12N2O3S/c11-10(16(13,14)15)5-7-6-12-9-4-2-1-3-8(7)9/h1-4,6,10,12H,5,11H2,(H,13,14,15)/t10-/m1/s1. The third kappa shape index (κ3) is 2.08. The number of nitrogens with one attached hydrogen (secondary N) is 1. The van der Waals surface area contributed by atoms with E-state index in [1.165, 1.54) is 0 Å². The first-order chi connectivity index (χ1) is 7.48. The van der Waals surface area contributed by atoms with Crippen LogP contribution in [0.5, 0.6) is 0 Å². The molecule has 1 aromatic carbocycles. The molecular weight excluding hydrogens is 228 g/mol. The molecule has 0 aliphatic heterocycles. The lowest BCUT2D eigenvalue weighted by atomic mass is 10.1. The molecule has 0 aliphatic carbocycles. The van der Waals surface area contributed by atoms with Crippen molar-refractivity contribution in [1.82, 2.24) is 4.98 Å². The molecule has 6 heteroatoms. The second kappa shape index (κ2) is 3.89. The average Bonchev–Trinajstić information content (AvgIpc) is 2.61. The summed E-state index contributed by atoms with van der Waals surface area (Å²) >= 11 is 0. The maximum atomic E-state index is 10.8. The number of nitrogens with two attached hydrogens (primary N) is 1. The van der Waals surface area contributed by atoms with Crippen molar-refractivity contribution < 1.29 is 13.0 Å². The zero-order chi connectivity index (χ0) is 11.8. The van der Waals surface area contributed by atoms with Gasteiger partial charge < -0.3 is 10.7 Å². The van der Waals surface area contributed by atoms with E-state index in [4.69, 9.17) is 10.3 Å². The number of para-hydroxylation sites is 1. The highest BCUT2D eigenvalue weighted by atomic mass is 32.2. The predicted octanol–water partition coefficient (Wildman–Crippen LogP) is 0.883. The summed E-state index contributed by atoms with van der Waals surface area (Å²) in [5.41, 5.74) is 7.08. The van der Waals surface area contributed by atoms with Gasteiger partial charge in [0.05, 0.1) is 0 Å². The van der Waals surface area contributed by atoms with Crippen molar-refractivity contribution >= 4 is 21.0 Å². The van der Waals surface area contributed by atoms with Gasteiger partial charge in [0.1, 0.15) is 5.37 Å². The Hall–Kier alpha value is -1.37. The number of aromatic amines is 1. The van der Waals surface area contributed by atoms with Gasteiger partial charge in [0.25, 0.3) is 10.1 Å². The minimum atomic E-state index is -4.18.